The molecule has 0 bridgehead atoms. The Morgan fingerprint density at radius 1 is 1.12 bits per heavy atom. The maximum Gasteiger partial charge on any atom is 0.238 e. The first kappa shape index (κ1) is 17.6. The molecule has 1 saturated heterocycles. The van der Waals surface area contributed by atoms with Crippen LogP contribution >= 0.6 is 0 Å². The van der Waals surface area contributed by atoms with Crippen LogP contribution in [0.2, 0.25) is 0 Å². The van der Waals surface area contributed by atoms with Crippen LogP contribution in [-0.4, -0.2) is 53.4 Å². The van der Waals surface area contributed by atoms with Gasteiger partial charge in [-0.1, -0.05) is 12.1 Å². The van der Waals surface area contributed by atoms with Gasteiger partial charge < -0.3 is 5.32 Å². The molecule has 1 fully saturated rings. The lowest BCUT2D eigenvalue weighted by Crippen LogP contribution is -2.48. The standard InChI is InChI=1S/C20H26N4O/c1-16-4-3-5-19(12-16)22-20(25)15-24-10-8-23(9-11-24)14-18-13-21-7-6-17(18)2/h3-7,12-13H,8-11,14-15H2,1-2H3,(H,22,25). The molecule has 1 aliphatic rings. The third kappa shape index (κ3) is 5.11. The zero-order valence-electron chi connectivity index (χ0n) is 15.0. The van der Waals surface area contributed by atoms with E-state index in [4.69, 9.17) is 0 Å². The minimum atomic E-state index is 0.0575. The highest BCUT2D eigenvalue weighted by atomic mass is 16.2. The molecule has 25 heavy (non-hydrogen) atoms. The van der Waals surface area contributed by atoms with Crippen LogP contribution in [0.1, 0.15) is 16.7 Å². The lowest BCUT2D eigenvalue weighted by atomic mass is 10.1. The maximum atomic E-state index is 12.2. The highest BCUT2D eigenvalue weighted by molar-refractivity contribution is 5.92. The van der Waals surface area contributed by atoms with E-state index in [-0.39, 0.29) is 5.91 Å². The van der Waals surface area contributed by atoms with Gasteiger partial charge in [0.2, 0.25) is 5.91 Å². The Morgan fingerprint density at radius 2 is 1.88 bits per heavy atom. The van der Waals surface area contributed by atoms with E-state index in [1.807, 2.05) is 43.6 Å². The Kier molecular flexibility index (Phi) is 5.79. The number of carbonyl (C=O) groups is 1. The van der Waals surface area contributed by atoms with Crippen LogP contribution in [0, 0.1) is 13.8 Å². The molecule has 2 aromatic rings. The number of aryl methyl sites for hydroxylation is 2. The van der Waals surface area contributed by atoms with E-state index in [0.29, 0.717) is 6.54 Å². The number of pyridine rings is 1. The fourth-order valence-electron chi connectivity index (χ4n) is 3.14. The minimum absolute atomic E-state index is 0.0575. The second-order valence-corrected chi connectivity index (χ2v) is 6.77. The topological polar surface area (TPSA) is 48.5 Å². The molecule has 0 spiro atoms. The molecular weight excluding hydrogens is 312 g/mol. The van der Waals surface area contributed by atoms with Gasteiger partial charge in [0, 0.05) is 50.8 Å². The molecule has 0 radical (unpaired) electrons. The van der Waals surface area contributed by atoms with Crippen molar-refractivity contribution in [1.29, 1.82) is 0 Å². The van der Waals surface area contributed by atoms with Crippen LogP contribution in [-0.2, 0) is 11.3 Å². The molecule has 0 atom stereocenters. The number of hydrogen-bond acceptors (Lipinski definition) is 4. The summed E-state index contributed by atoms with van der Waals surface area (Å²) >= 11 is 0. The van der Waals surface area contributed by atoms with Crippen molar-refractivity contribution in [2.24, 2.45) is 0 Å². The lowest BCUT2D eigenvalue weighted by Gasteiger charge is -2.34. The van der Waals surface area contributed by atoms with E-state index >= 15 is 0 Å². The first-order valence-electron chi connectivity index (χ1n) is 8.81. The zero-order valence-corrected chi connectivity index (χ0v) is 15.0. The van der Waals surface area contributed by atoms with Gasteiger partial charge in [-0.05, 0) is 48.7 Å². The Hall–Kier alpha value is -2.24. The number of amides is 1. The van der Waals surface area contributed by atoms with Crippen LogP contribution < -0.4 is 5.32 Å². The number of benzene rings is 1. The number of aromatic nitrogens is 1. The van der Waals surface area contributed by atoms with Gasteiger partial charge in [-0.3, -0.25) is 19.6 Å². The van der Waals surface area contributed by atoms with E-state index in [1.165, 1.54) is 11.1 Å². The molecule has 1 N–H and O–H groups in total. The predicted octanol–water partition coefficient (Wildman–Crippen LogP) is 2.45. The average Bonchev–Trinajstić information content (AvgIpc) is 2.58. The highest BCUT2D eigenvalue weighted by Crippen LogP contribution is 2.12. The molecule has 0 unspecified atom stereocenters. The quantitative estimate of drug-likeness (QED) is 0.910. The summed E-state index contributed by atoms with van der Waals surface area (Å²) in [6.45, 7) is 9.33. The first-order valence-corrected chi connectivity index (χ1v) is 8.81. The van der Waals surface area contributed by atoms with E-state index in [9.17, 15) is 4.79 Å². The summed E-state index contributed by atoms with van der Waals surface area (Å²) in [5, 5.41) is 2.99. The molecule has 0 saturated carbocycles. The molecule has 5 nitrogen and oxygen atoms in total. The summed E-state index contributed by atoms with van der Waals surface area (Å²) in [5.74, 6) is 0.0575. The molecule has 3 rings (SSSR count). The molecule has 1 aromatic heterocycles. The lowest BCUT2D eigenvalue weighted by molar-refractivity contribution is -0.117. The predicted molar refractivity (Wildman–Crippen MR) is 100 cm³/mol. The van der Waals surface area contributed by atoms with Crippen LogP contribution in [0.15, 0.2) is 42.7 Å². The van der Waals surface area contributed by atoms with E-state index in [0.717, 1.165) is 44.0 Å². The fourth-order valence-corrected chi connectivity index (χ4v) is 3.14. The second-order valence-electron chi connectivity index (χ2n) is 6.77. The van der Waals surface area contributed by atoms with Crippen molar-refractivity contribution in [3.05, 3.63) is 59.4 Å². The second kappa shape index (κ2) is 8.23. The summed E-state index contributed by atoms with van der Waals surface area (Å²) in [7, 11) is 0. The number of hydrogen-bond donors (Lipinski definition) is 1. The SMILES string of the molecule is Cc1cccc(NC(=O)CN2CCN(Cc3cnccc3C)CC2)c1. The molecule has 2 heterocycles. The Balaban J connectivity index is 1.44. The molecule has 132 valence electrons. The smallest absolute Gasteiger partial charge is 0.238 e. The number of nitrogens with one attached hydrogen (secondary N) is 1. The van der Waals surface area contributed by atoms with Gasteiger partial charge in [-0.25, -0.2) is 0 Å². The first-order chi connectivity index (χ1) is 12.1. The van der Waals surface area contributed by atoms with Crippen LogP contribution in [0.3, 0.4) is 0 Å². The summed E-state index contributed by atoms with van der Waals surface area (Å²) < 4.78 is 0. The van der Waals surface area contributed by atoms with Gasteiger partial charge in [0.25, 0.3) is 0 Å². The van der Waals surface area contributed by atoms with Gasteiger partial charge in [-0.2, -0.15) is 0 Å². The van der Waals surface area contributed by atoms with Crippen molar-refractivity contribution in [1.82, 2.24) is 14.8 Å². The average molecular weight is 338 g/mol. The highest BCUT2D eigenvalue weighted by Gasteiger charge is 2.19. The molecule has 1 aromatic carbocycles. The van der Waals surface area contributed by atoms with Crippen molar-refractivity contribution < 1.29 is 4.79 Å². The van der Waals surface area contributed by atoms with E-state index < -0.39 is 0 Å². The number of anilines is 1. The summed E-state index contributed by atoms with van der Waals surface area (Å²) in [4.78, 5) is 21.1. The third-order valence-electron chi connectivity index (χ3n) is 4.68. The van der Waals surface area contributed by atoms with Crippen molar-refractivity contribution in [3.8, 4) is 0 Å². The van der Waals surface area contributed by atoms with Crippen LogP contribution in [0.25, 0.3) is 0 Å². The van der Waals surface area contributed by atoms with Crippen molar-refractivity contribution in [2.75, 3.05) is 38.0 Å². The molecule has 1 amide bonds. The van der Waals surface area contributed by atoms with Gasteiger partial charge >= 0.3 is 0 Å². The molecule has 0 aliphatic carbocycles. The van der Waals surface area contributed by atoms with Crippen LogP contribution in [0.4, 0.5) is 5.69 Å². The summed E-state index contributed by atoms with van der Waals surface area (Å²) in [6.07, 6.45) is 3.79. The third-order valence-corrected chi connectivity index (χ3v) is 4.68. The van der Waals surface area contributed by atoms with Gasteiger partial charge in [0.05, 0.1) is 6.54 Å². The molecule has 1 aliphatic heterocycles. The normalized spacial score (nSPS) is 15.9. The summed E-state index contributed by atoms with van der Waals surface area (Å²) in [5.41, 5.74) is 4.59. The molecular formula is C20H26N4O. The van der Waals surface area contributed by atoms with Crippen molar-refractivity contribution in [3.63, 3.8) is 0 Å². The number of nitrogens with zero attached hydrogens (tertiary/aromatic N) is 3. The zero-order chi connectivity index (χ0) is 17.6. The van der Waals surface area contributed by atoms with E-state index in [1.54, 1.807) is 0 Å². The van der Waals surface area contributed by atoms with Gasteiger partial charge in [-0.15, -0.1) is 0 Å². The monoisotopic (exact) mass is 338 g/mol. The Bertz CT molecular complexity index is 723. The Morgan fingerprint density at radius 3 is 2.60 bits per heavy atom. The number of rotatable bonds is 5. The molecule has 5 heteroatoms. The Labute approximate surface area is 149 Å². The fraction of sp³-hybridized carbons (Fsp3) is 0.400. The largest absolute Gasteiger partial charge is 0.325 e. The van der Waals surface area contributed by atoms with E-state index in [2.05, 4.69) is 33.1 Å². The maximum absolute atomic E-state index is 12.2. The van der Waals surface area contributed by atoms with Gasteiger partial charge in [0.1, 0.15) is 0 Å². The van der Waals surface area contributed by atoms with Crippen molar-refractivity contribution in [2.45, 2.75) is 20.4 Å². The van der Waals surface area contributed by atoms with Crippen molar-refractivity contribution >= 4 is 11.6 Å². The number of carbonyl (C=O) groups excluding carboxylic acids is 1. The summed E-state index contributed by atoms with van der Waals surface area (Å²) in [6, 6.07) is 9.97. The van der Waals surface area contributed by atoms with Gasteiger partial charge in [0.15, 0.2) is 0 Å². The van der Waals surface area contributed by atoms with Crippen LogP contribution in [0.5, 0.6) is 0 Å². The number of piperazine rings is 1. The minimum Gasteiger partial charge on any atom is -0.325 e.